The third kappa shape index (κ3) is 387. The Morgan fingerprint density at radius 2 is 0.455 bits per heavy atom. The Morgan fingerprint density at radius 3 is 0.455 bits per heavy atom. The molecule has 0 aliphatic carbocycles. The Hall–Kier alpha value is 6.78. The van der Waals surface area contributed by atoms with Crippen LogP contribution in [0.25, 0.3) is 0 Å². The molecular formula is Ag4Cl4I4O8S2. The Kier molecular flexibility index (Phi) is 162. The number of rotatable bonds is 0. The van der Waals surface area contributed by atoms with Gasteiger partial charge in [0, 0.05) is 107 Å². The zero-order valence-corrected chi connectivity index (χ0v) is 27.5. The molecule has 0 atom stereocenters. The summed E-state index contributed by atoms with van der Waals surface area (Å²) < 4.78 is 68.2. The molecule has 0 aliphatic heterocycles. The van der Waals surface area contributed by atoms with E-state index in [1.165, 1.54) is 0 Å². The van der Waals surface area contributed by atoms with Gasteiger partial charge in [-0.25, -0.2) is 0 Å². The Labute approximate surface area is 260 Å². The monoisotopic (exact) mass is 1270 g/mol. The molecule has 8 nitrogen and oxygen atoms in total. The fraction of sp³-hybridized carbons (Fsp3) is 0. The van der Waals surface area contributed by atoms with Gasteiger partial charge in [0.15, 0.2) is 0 Å². The van der Waals surface area contributed by atoms with Crippen LogP contribution in [0.5, 0.6) is 0 Å². The van der Waals surface area contributed by atoms with Gasteiger partial charge >= 0.3 is 89.5 Å². The van der Waals surface area contributed by atoms with Crippen molar-refractivity contribution >= 4 is 142 Å². The molecule has 0 heterocycles. The molecule has 160 valence electrons. The van der Waals surface area contributed by atoms with Crippen molar-refractivity contribution in [1.29, 1.82) is 0 Å². The summed E-state index contributed by atoms with van der Waals surface area (Å²) in [5, 5.41) is 0. The second-order valence-corrected chi connectivity index (χ2v) is 2.45. The van der Waals surface area contributed by atoms with Gasteiger partial charge in [-0.1, -0.05) is 0 Å². The average molecular weight is 1270 g/mol. The molecule has 0 unspecified atom stereocenters. The smallest absolute Gasteiger partial charge is 0.759 e. The maximum absolute atomic E-state index is 8.52. The molecule has 0 amide bonds. The van der Waals surface area contributed by atoms with E-state index < -0.39 is 20.8 Å². The molecule has 0 saturated carbocycles. The van der Waals surface area contributed by atoms with E-state index in [0.29, 0.717) is 0 Å². The van der Waals surface area contributed by atoms with Crippen LogP contribution in [0.1, 0.15) is 0 Å². The maximum Gasteiger partial charge on any atom is 1.00 e. The second-order valence-electron chi connectivity index (χ2n) is 0.816. The van der Waals surface area contributed by atoms with Crippen LogP contribution in [0.2, 0.25) is 0 Å². The van der Waals surface area contributed by atoms with Gasteiger partial charge in [0.25, 0.3) is 0 Å². The number of hydrogen-bond acceptors (Lipinski definition) is 8. The average Bonchev–Trinajstić information content (AvgIpc) is 2.24. The second kappa shape index (κ2) is 56.5. The van der Waals surface area contributed by atoms with E-state index in [4.69, 9.17) is 35.0 Å². The van der Waals surface area contributed by atoms with E-state index in [-0.39, 0.29) is 89.5 Å². The van der Waals surface area contributed by atoms with Gasteiger partial charge in [0.2, 0.25) is 0 Å². The fourth-order valence-corrected chi connectivity index (χ4v) is 0. The maximum atomic E-state index is 8.52. The molecule has 0 aromatic rings. The van der Waals surface area contributed by atoms with Crippen LogP contribution in [-0.4, -0.2) is 35.0 Å². The molecule has 0 N–H and O–H groups in total. The normalized spacial score (nSPS) is 6.36. The van der Waals surface area contributed by atoms with E-state index in [1.807, 2.05) is 0 Å². The fourth-order valence-electron chi connectivity index (χ4n) is 0. The molecule has 0 aliphatic rings. The zero-order valence-electron chi connectivity index (χ0n) is 8.31. The van der Waals surface area contributed by atoms with Crippen molar-refractivity contribution in [3.63, 3.8) is 0 Å². The van der Waals surface area contributed by atoms with Crippen molar-refractivity contribution in [2.45, 2.75) is 0 Å². The molecule has 0 bridgehead atoms. The van der Waals surface area contributed by atoms with E-state index in [1.54, 1.807) is 85.8 Å². The predicted molar refractivity (Wildman–Crippen MR) is 100 cm³/mol. The van der Waals surface area contributed by atoms with Gasteiger partial charge in [-0.2, -0.15) is 0 Å². The largest absolute Gasteiger partial charge is 1.00 e. The van der Waals surface area contributed by atoms with E-state index >= 15 is 0 Å². The Bertz CT molecular complexity index is 245. The standard InChI is InChI=1S/4Ag.4ClI.2H2O4S/c;;;;4*1-2;2*1-5(2,3)4/h;;;;;;;;2*(H2,1,2,3,4)/q4*+1;;;;;;/p-4. The molecular weight excluding hydrogens is 1270 g/mol. The van der Waals surface area contributed by atoms with Crippen molar-refractivity contribution in [2.24, 2.45) is 0 Å². The van der Waals surface area contributed by atoms with Crippen LogP contribution in [0.4, 0.5) is 0 Å². The molecule has 0 aromatic heterocycles. The topological polar surface area (TPSA) is 161 Å². The summed E-state index contributed by atoms with van der Waals surface area (Å²) in [5.41, 5.74) is 0. The quantitative estimate of drug-likeness (QED) is 0.154. The first kappa shape index (κ1) is 63.0. The first-order chi connectivity index (χ1) is 8.00. The molecule has 0 radical (unpaired) electrons. The van der Waals surface area contributed by atoms with Gasteiger partial charge in [0.1, 0.15) is 0 Å². The van der Waals surface area contributed by atoms with Gasteiger partial charge in [0.05, 0.1) is 0 Å². The predicted octanol–water partition coefficient (Wildman–Crippen LogP) is 3.61. The molecule has 0 rings (SSSR count). The van der Waals surface area contributed by atoms with Crippen molar-refractivity contribution in [3.8, 4) is 0 Å². The van der Waals surface area contributed by atoms with Crippen molar-refractivity contribution < 1.29 is 125 Å². The minimum absolute atomic E-state index is 0. The Morgan fingerprint density at radius 1 is 0.455 bits per heavy atom. The molecule has 0 spiro atoms. The molecule has 0 aromatic carbocycles. The number of hydrogen-bond donors (Lipinski definition) is 0. The van der Waals surface area contributed by atoms with E-state index in [9.17, 15) is 0 Å². The first-order valence-electron chi connectivity index (χ1n) is 1.90. The van der Waals surface area contributed by atoms with Crippen LogP contribution in [0, 0.1) is 0 Å². The first-order valence-corrected chi connectivity index (χ1v) is 15.5. The van der Waals surface area contributed by atoms with Crippen LogP contribution >= 0.6 is 121 Å². The summed E-state index contributed by atoms with van der Waals surface area (Å²) in [6.45, 7) is 0. The van der Waals surface area contributed by atoms with Gasteiger partial charge in [-0.15, -0.1) is 0 Å². The summed E-state index contributed by atoms with van der Waals surface area (Å²) in [7, 11) is 8.10. The van der Waals surface area contributed by atoms with E-state index in [2.05, 4.69) is 35.6 Å². The molecule has 0 saturated heterocycles. The Balaban J connectivity index is -0.0000000101. The third-order valence-electron chi connectivity index (χ3n) is 0. The zero-order chi connectivity index (χ0) is 17.0. The summed E-state index contributed by atoms with van der Waals surface area (Å²) in [5.74, 6) is 0. The summed E-state index contributed by atoms with van der Waals surface area (Å²) in [6, 6.07) is 0. The van der Waals surface area contributed by atoms with Crippen LogP contribution in [0.3, 0.4) is 0 Å². The van der Waals surface area contributed by atoms with Gasteiger partial charge in [-0.05, 0) is 35.6 Å². The van der Waals surface area contributed by atoms with Gasteiger partial charge in [-0.3, -0.25) is 16.8 Å². The van der Waals surface area contributed by atoms with Crippen molar-refractivity contribution in [3.05, 3.63) is 0 Å². The number of halogens is 8. The minimum Gasteiger partial charge on any atom is -0.759 e. The van der Waals surface area contributed by atoms with Crippen LogP contribution < -0.4 is 0 Å². The van der Waals surface area contributed by atoms with Crippen molar-refractivity contribution in [1.82, 2.24) is 0 Å². The third-order valence-corrected chi connectivity index (χ3v) is 0. The SMILES string of the molecule is ClI.ClI.ClI.ClI.O=S(=O)([O-])[O-].O=S(=O)([O-])[O-].[Ag+].[Ag+].[Ag+].[Ag+]. The summed E-state index contributed by atoms with van der Waals surface area (Å²) in [4.78, 5) is 0. The molecule has 22 heavy (non-hydrogen) atoms. The molecule has 0 fully saturated rings. The summed E-state index contributed by atoms with van der Waals surface area (Å²) >= 11 is 6.49. The van der Waals surface area contributed by atoms with E-state index in [0.717, 1.165) is 0 Å². The van der Waals surface area contributed by atoms with Crippen LogP contribution in [0.15, 0.2) is 0 Å². The summed E-state index contributed by atoms with van der Waals surface area (Å²) in [6.07, 6.45) is 0. The van der Waals surface area contributed by atoms with Crippen molar-refractivity contribution in [2.75, 3.05) is 0 Å². The van der Waals surface area contributed by atoms with Crippen LogP contribution in [-0.2, 0) is 110 Å². The van der Waals surface area contributed by atoms with Gasteiger partial charge < -0.3 is 18.2 Å². The molecule has 22 heteroatoms. The minimum atomic E-state index is -5.17.